The van der Waals surface area contributed by atoms with Gasteiger partial charge in [0.05, 0.1) is 25.2 Å². The van der Waals surface area contributed by atoms with Gasteiger partial charge in [0, 0.05) is 29.9 Å². The Balaban J connectivity index is 1.48. The molecule has 3 N–H and O–H groups in total. The number of nitriles is 1. The van der Waals surface area contributed by atoms with E-state index in [-0.39, 0.29) is 30.3 Å². The monoisotopic (exact) mass is 496 g/mol. The number of hydrogen-bond acceptors (Lipinski definition) is 5. The zero-order chi connectivity index (χ0) is 26.2. The summed E-state index contributed by atoms with van der Waals surface area (Å²) in [5.74, 6) is 0.560. The van der Waals surface area contributed by atoms with Crippen LogP contribution in [0.5, 0.6) is 5.75 Å². The molecule has 3 aromatic rings. The van der Waals surface area contributed by atoms with Gasteiger partial charge >= 0.3 is 0 Å². The summed E-state index contributed by atoms with van der Waals surface area (Å²) in [6, 6.07) is 24.1. The minimum atomic E-state index is -0.117. The van der Waals surface area contributed by atoms with Gasteiger partial charge in [-0.2, -0.15) is 5.26 Å². The lowest BCUT2D eigenvalue weighted by Gasteiger charge is -2.36. The second-order valence-electron chi connectivity index (χ2n) is 9.46. The van der Waals surface area contributed by atoms with Crippen molar-refractivity contribution in [3.05, 3.63) is 95.1 Å². The third-order valence-electron chi connectivity index (χ3n) is 6.79. The van der Waals surface area contributed by atoms with Crippen molar-refractivity contribution in [3.63, 3.8) is 0 Å². The van der Waals surface area contributed by atoms with E-state index < -0.39 is 0 Å². The molecule has 1 fully saturated rings. The topological polar surface area (TPSA) is 108 Å². The molecule has 0 spiro atoms. The number of benzene rings is 3. The van der Waals surface area contributed by atoms with Crippen LogP contribution in [0.3, 0.4) is 0 Å². The largest absolute Gasteiger partial charge is 0.497 e. The highest BCUT2D eigenvalue weighted by Gasteiger charge is 2.28. The first-order valence-electron chi connectivity index (χ1n) is 12.5. The van der Waals surface area contributed by atoms with Crippen molar-refractivity contribution in [3.8, 4) is 11.8 Å². The molecule has 7 nitrogen and oxygen atoms in total. The minimum absolute atomic E-state index is 0.0705. The van der Waals surface area contributed by atoms with Gasteiger partial charge in [-0.15, -0.1) is 0 Å². The molecule has 0 aliphatic heterocycles. The zero-order valence-electron chi connectivity index (χ0n) is 21.0. The standard InChI is InChI=1S/C30H32N4O3/c1-37-28-15-7-21(8-16-28)18-29(35)33-26-4-2-3-23(17-26)20-34(27-13-11-25(32)12-14-27)30(36)24-9-5-22(19-31)6-10-24/h2-10,15-17,25,27H,11-14,18,20,32H2,1H3,(H,33,35). The van der Waals surface area contributed by atoms with Crippen molar-refractivity contribution >= 4 is 17.5 Å². The Kier molecular flexibility index (Phi) is 8.55. The number of ether oxygens (including phenoxy) is 1. The summed E-state index contributed by atoms with van der Waals surface area (Å²) in [6.45, 7) is 0.418. The SMILES string of the molecule is COc1ccc(CC(=O)Nc2cccc(CN(C(=O)c3ccc(C#N)cc3)C3CCC(N)CC3)c2)cc1. The average molecular weight is 497 g/mol. The van der Waals surface area contributed by atoms with Crippen LogP contribution in [0.2, 0.25) is 0 Å². The molecule has 0 heterocycles. The Morgan fingerprint density at radius 3 is 2.35 bits per heavy atom. The Labute approximate surface area is 217 Å². The molecule has 0 radical (unpaired) electrons. The number of carbonyl (C=O) groups is 2. The Bertz CT molecular complexity index is 1260. The molecule has 190 valence electrons. The number of anilines is 1. The second kappa shape index (κ2) is 12.2. The van der Waals surface area contributed by atoms with E-state index in [1.807, 2.05) is 53.4 Å². The van der Waals surface area contributed by atoms with Gasteiger partial charge < -0.3 is 20.7 Å². The van der Waals surface area contributed by atoms with Gasteiger partial charge in [0.1, 0.15) is 5.75 Å². The van der Waals surface area contributed by atoms with Crippen molar-refractivity contribution < 1.29 is 14.3 Å². The third-order valence-corrected chi connectivity index (χ3v) is 6.79. The van der Waals surface area contributed by atoms with Crippen LogP contribution in [-0.4, -0.2) is 35.9 Å². The van der Waals surface area contributed by atoms with E-state index in [1.54, 1.807) is 31.4 Å². The fourth-order valence-electron chi connectivity index (χ4n) is 4.71. The van der Waals surface area contributed by atoms with E-state index in [9.17, 15) is 9.59 Å². The molecule has 4 rings (SSSR count). The summed E-state index contributed by atoms with van der Waals surface area (Å²) < 4.78 is 5.17. The fraction of sp³-hybridized carbons (Fsp3) is 0.300. The van der Waals surface area contributed by atoms with Crippen LogP contribution in [0.4, 0.5) is 5.69 Å². The van der Waals surface area contributed by atoms with Gasteiger partial charge in [0.2, 0.25) is 5.91 Å². The van der Waals surface area contributed by atoms with Crippen LogP contribution in [0.15, 0.2) is 72.8 Å². The van der Waals surface area contributed by atoms with E-state index in [0.717, 1.165) is 42.6 Å². The molecule has 1 aliphatic rings. The molecular weight excluding hydrogens is 464 g/mol. The molecule has 0 aromatic heterocycles. The molecule has 0 unspecified atom stereocenters. The molecule has 0 atom stereocenters. The van der Waals surface area contributed by atoms with Gasteiger partial charge in [-0.25, -0.2) is 0 Å². The number of nitrogens with zero attached hydrogens (tertiary/aromatic N) is 2. The Morgan fingerprint density at radius 2 is 1.70 bits per heavy atom. The summed E-state index contributed by atoms with van der Waals surface area (Å²) in [5.41, 5.74) is 9.71. The summed E-state index contributed by atoms with van der Waals surface area (Å²) >= 11 is 0. The molecule has 3 aromatic carbocycles. The minimum Gasteiger partial charge on any atom is -0.497 e. The van der Waals surface area contributed by atoms with E-state index in [0.29, 0.717) is 23.4 Å². The molecule has 37 heavy (non-hydrogen) atoms. The van der Waals surface area contributed by atoms with E-state index >= 15 is 0 Å². The lowest BCUT2D eigenvalue weighted by molar-refractivity contribution is -0.115. The third kappa shape index (κ3) is 6.96. The predicted octanol–water partition coefficient (Wildman–Crippen LogP) is 4.66. The van der Waals surface area contributed by atoms with Crippen LogP contribution in [0.25, 0.3) is 0 Å². The normalized spacial score (nSPS) is 16.9. The van der Waals surface area contributed by atoms with E-state index in [2.05, 4.69) is 11.4 Å². The number of amides is 2. The molecule has 7 heteroatoms. The van der Waals surface area contributed by atoms with E-state index in [4.69, 9.17) is 15.7 Å². The van der Waals surface area contributed by atoms with Crippen molar-refractivity contribution in [2.24, 2.45) is 5.73 Å². The predicted molar refractivity (Wildman–Crippen MR) is 143 cm³/mol. The highest BCUT2D eigenvalue weighted by atomic mass is 16.5. The number of hydrogen-bond donors (Lipinski definition) is 2. The smallest absolute Gasteiger partial charge is 0.254 e. The molecule has 1 saturated carbocycles. The van der Waals surface area contributed by atoms with Crippen molar-refractivity contribution in [1.82, 2.24) is 4.90 Å². The maximum absolute atomic E-state index is 13.6. The van der Waals surface area contributed by atoms with Crippen LogP contribution >= 0.6 is 0 Å². The molecule has 0 saturated heterocycles. The number of methoxy groups -OCH3 is 1. The summed E-state index contributed by atoms with van der Waals surface area (Å²) in [4.78, 5) is 28.1. The first kappa shape index (κ1) is 25.9. The second-order valence-corrected chi connectivity index (χ2v) is 9.46. The van der Waals surface area contributed by atoms with Gasteiger partial charge in [0.15, 0.2) is 0 Å². The Hall–Kier alpha value is -4.15. The first-order chi connectivity index (χ1) is 17.9. The lowest BCUT2D eigenvalue weighted by atomic mass is 9.90. The van der Waals surface area contributed by atoms with Crippen LogP contribution < -0.4 is 15.8 Å². The fourth-order valence-corrected chi connectivity index (χ4v) is 4.71. The first-order valence-corrected chi connectivity index (χ1v) is 12.5. The molecular formula is C30H32N4O3. The van der Waals surface area contributed by atoms with Gasteiger partial charge in [-0.05, 0) is 85.3 Å². The summed E-state index contributed by atoms with van der Waals surface area (Å²) in [5, 5.41) is 12.1. The maximum atomic E-state index is 13.6. The van der Waals surface area contributed by atoms with Crippen molar-refractivity contribution in [2.75, 3.05) is 12.4 Å². The van der Waals surface area contributed by atoms with Crippen molar-refractivity contribution in [2.45, 2.75) is 50.7 Å². The highest BCUT2D eigenvalue weighted by molar-refractivity contribution is 5.95. The molecule has 1 aliphatic carbocycles. The average Bonchev–Trinajstić information content (AvgIpc) is 2.92. The van der Waals surface area contributed by atoms with Gasteiger partial charge in [-0.3, -0.25) is 9.59 Å². The van der Waals surface area contributed by atoms with Crippen LogP contribution in [0.1, 0.15) is 52.7 Å². The maximum Gasteiger partial charge on any atom is 0.254 e. The number of rotatable bonds is 8. The Morgan fingerprint density at radius 1 is 1.00 bits per heavy atom. The molecule has 0 bridgehead atoms. The number of nitrogens with one attached hydrogen (secondary N) is 1. The van der Waals surface area contributed by atoms with Crippen LogP contribution in [-0.2, 0) is 17.8 Å². The van der Waals surface area contributed by atoms with Gasteiger partial charge in [0.25, 0.3) is 5.91 Å². The zero-order valence-corrected chi connectivity index (χ0v) is 21.0. The molecule has 2 amide bonds. The summed E-state index contributed by atoms with van der Waals surface area (Å²) in [6.07, 6.45) is 3.70. The number of nitrogens with two attached hydrogens (primary N) is 1. The van der Waals surface area contributed by atoms with E-state index in [1.165, 1.54) is 0 Å². The van der Waals surface area contributed by atoms with Crippen LogP contribution in [0, 0.1) is 11.3 Å². The lowest BCUT2D eigenvalue weighted by Crippen LogP contribution is -2.43. The van der Waals surface area contributed by atoms with Crippen molar-refractivity contribution in [1.29, 1.82) is 5.26 Å². The quantitative estimate of drug-likeness (QED) is 0.472. The summed E-state index contributed by atoms with van der Waals surface area (Å²) in [7, 11) is 1.61. The number of carbonyl (C=O) groups excluding carboxylic acids is 2. The highest BCUT2D eigenvalue weighted by Crippen LogP contribution is 2.26. The van der Waals surface area contributed by atoms with Gasteiger partial charge in [-0.1, -0.05) is 24.3 Å².